The van der Waals surface area contributed by atoms with Crippen LogP contribution in [-0.4, -0.2) is 6.10 Å². The highest BCUT2D eigenvalue weighted by Gasteiger charge is 1.98. The van der Waals surface area contributed by atoms with Crippen molar-refractivity contribution >= 4 is 0 Å². The van der Waals surface area contributed by atoms with Crippen molar-refractivity contribution in [3.8, 4) is 5.75 Å². The summed E-state index contributed by atoms with van der Waals surface area (Å²) >= 11 is 0. The van der Waals surface area contributed by atoms with Crippen LogP contribution >= 0.6 is 0 Å². The third kappa shape index (κ3) is 3.49. The second-order valence-electron chi connectivity index (χ2n) is 3.56. The summed E-state index contributed by atoms with van der Waals surface area (Å²) in [6.07, 6.45) is 2.58. The summed E-state index contributed by atoms with van der Waals surface area (Å²) in [6.45, 7) is 6.29. The van der Waals surface area contributed by atoms with Crippen molar-refractivity contribution in [3.63, 3.8) is 0 Å². The Balaban J connectivity index is 2.67. The molecule has 0 spiro atoms. The van der Waals surface area contributed by atoms with Gasteiger partial charge in [-0.2, -0.15) is 0 Å². The molecule has 0 N–H and O–H groups in total. The number of hydrogen-bond acceptors (Lipinski definition) is 1. The summed E-state index contributed by atoms with van der Waals surface area (Å²) in [6, 6.07) is 8.35. The molecule has 1 aromatic carbocycles. The number of hydrogen-bond donors (Lipinski definition) is 0. The molecular formula is C12H18O. The zero-order valence-corrected chi connectivity index (χ0v) is 8.71. The number of aryl methyl sites for hydroxylation is 1. The molecule has 1 rings (SSSR count). The number of benzene rings is 1. The molecule has 0 aromatic heterocycles. The van der Waals surface area contributed by atoms with Crippen molar-refractivity contribution in [2.75, 3.05) is 0 Å². The molecule has 1 heteroatoms. The van der Waals surface area contributed by atoms with Gasteiger partial charge in [-0.15, -0.1) is 0 Å². The fraction of sp³-hybridized carbons (Fsp3) is 0.500. The molecule has 0 radical (unpaired) electrons. The van der Waals surface area contributed by atoms with E-state index in [4.69, 9.17) is 4.74 Å². The Hall–Kier alpha value is -0.980. The van der Waals surface area contributed by atoms with E-state index in [0.717, 1.165) is 12.2 Å². The van der Waals surface area contributed by atoms with E-state index in [0.29, 0.717) is 0 Å². The lowest BCUT2D eigenvalue weighted by Crippen LogP contribution is -2.05. The molecule has 0 saturated carbocycles. The lowest BCUT2D eigenvalue weighted by molar-refractivity contribution is 0.242. The van der Waals surface area contributed by atoms with Crippen molar-refractivity contribution in [1.29, 1.82) is 0 Å². The Bertz CT molecular complexity index is 253. The average molecular weight is 178 g/mol. The fourth-order valence-electron chi connectivity index (χ4n) is 1.34. The van der Waals surface area contributed by atoms with E-state index in [1.54, 1.807) is 0 Å². The standard InChI is InChI=1S/C12H18O/c1-4-6-11-7-5-8-12(9-11)13-10(2)3/h5,7-10H,4,6H2,1-3H3. The maximum Gasteiger partial charge on any atom is 0.119 e. The first-order valence-electron chi connectivity index (χ1n) is 4.98. The molecule has 13 heavy (non-hydrogen) atoms. The van der Waals surface area contributed by atoms with Gasteiger partial charge >= 0.3 is 0 Å². The number of ether oxygens (including phenoxy) is 1. The van der Waals surface area contributed by atoms with Gasteiger partial charge in [-0.1, -0.05) is 25.5 Å². The van der Waals surface area contributed by atoms with Crippen molar-refractivity contribution in [2.45, 2.75) is 39.7 Å². The normalized spacial score (nSPS) is 10.5. The van der Waals surface area contributed by atoms with Crippen LogP contribution in [0.4, 0.5) is 0 Å². The quantitative estimate of drug-likeness (QED) is 0.686. The lowest BCUT2D eigenvalue weighted by Gasteiger charge is -2.10. The third-order valence-electron chi connectivity index (χ3n) is 1.81. The Morgan fingerprint density at radius 2 is 2.08 bits per heavy atom. The Morgan fingerprint density at radius 3 is 2.69 bits per heavy atom. The summed E-state index contributed by atoms with van der Waals surface area (Å²) in [5, 5.41) is 0. The second kappa shape index (κ2) is 4.90. The first kappa shape index (κ1) is 10.1. The SMILES string of the molecule is CCCc1cccc(OC(C)C)c1. The first-order valence-corrected chi connectivity index (χ1v) is 4.98. The van der Waals surface area contributed by atoms with E-state index in [9.17, 15) is 0 Å². The summed E-state index contributed by atoms with van der Waals surface area (Å²) in [7, 11) is 0. The van der Waals surface area contributed by atoms with Crippen molar-refractivity contribution in [1.82, 2.24) is 0 Å². The Labute approximate surface area is 80.7 Å². The van der Waals surface area contributed by atoms with E-state index in [2.05, 4.69) is 25.1 Å². The molecule has 0 unspecified atom stereocenters. The molecule has 0 saturated heterocycles. The zero-order chi connectivity index (χ0) is 9.68. The van der Waals surface area contributed by atoms with Crippen LogP contribution in [0.5, 0.6) is 5.75 Å². The van der Waals surface area contributed by atoms with Gasteiger partial charge in [-0.3, -0.25) is 0 Å². The van der Waals surface area contributed by atoms with Crippen LogP contribution in [0.3, 0.4) is 0 Å². The Kier molecular flexibility index (Phi) is 3.81. The molecule has 0 amide bonds. The van der Waals surface area contributed by atoms with Gasteiger partial charge in [0.05, 0.1) is 6.10 Å². The summed E-state index contributed by atoms with van der Waals surface area (Å²) < 4.78 is 5.60. The van der Waals surface area contributed by atoms with Crippen LogP contribution in [0.2, 0.25) is 0 Å². The largest absolute Gasteiger partial charge is 0.491 e. The van der Waals surface area contributed by atoms with Crippen LogP contribution in [0.15, 0.2) is 24.3 Å². The highest BCUT2D eigenvalue weighted by atomic mass is 16.5. The third-order valence-corrected chi connectivity index (χ3v) is 1.81. The molecule has 0 atom stereocenters. The van der Waals surface area contributed by atoms with Crippen LogP contribution < -0.4 is 4.74 Å². The maximum absolute atomic E-state index is 5.60. The molecule has 0 fully saturated rings. The summed E-state index contributed by atoms with van der Waals surface area (Å²) in [5.74, 6) is 0.987. The molecule has 0 aliphatic rings. The predicted octanol–water partition coefficient (Wildman–Crippen LogP) is 3.43. The van der Waals surface area contributed by atoms with E-state index in [-0.39, 0.29) is 6.10 Å². The molecule has 0 aliphatic heterocycles. The van der Waals surface area contributed by atoms with Crippen LogP contribution in [0.25, 0.3) is 0 Å². The minimum atomic E-state index is 0.261. The zero-order valence-electron chi connectivity index (χ0n) is 8.71. The molecule has 1 aromatic rings. The van der Waals surface area contributed by atoms with Gasteiger partial charge in [0.2, 0.25) is 0 Å². The predicted molar refractivity (Wildman–Crippen MR) is 56.2 cm³/mol. The van der Waals surface area contributed by atoms with Crippen LogP contribution in [0.1, 0.15) is 32.8 Å². The number of rotatable bonds is 4. The van der Waals surface area contributed by atoms with E-state index in [1.807, 2.05) is 19.9 Å². The van der Waals surface area contributed by atoms with Gasteiger partial charge in [-0.05, 0) is 38.0 Å². The molecule has 0 heterocycles. The summed E-state index contributed by atoms with van der Waals surface area (Å²) in [5.41, 5.74) is 1.36. The van der Waals surface area contributed by atoms with E-state index < -0.39 is 0 Å². The van der Waals surface area contributed by atoms with Crippen molar-refractivity contribution < 1.29 is 4.74 Å². The minimum Gasteiger partial charge on any atom is -0.491 e. The van der Waals surface area contributed by atoms with Crippen LogP contribution in [-0.2, 0) is 6.42 Å². The molecular weight excluding hydrogens is 160 g/mol. The maximum atomic E-state index is 5.60. The van der Waals surface area contributed by atoms with Gasteiger partial charge in [0.1, 0.15) is 5.75 Å². The van der Waals surface area contributed by atoms with Crippen LogP contribution in [0, 0.1) is 0 Å². The van der Waals surface area contributed by atoms with Crippen molar-refractivity contribution in [3.05, 3.63) is 29.8 Å². The van der Waals surface area contributed by atoms with Crippen molar-refractivity contribution in [2.24, 2.45) is 0 Å². The minimum absolute atomic E-state index is 0.261. The van der Waals surface area contributed by atoms with E-state index in [1.165, 1.54) is 12.0 Å². The fourth-order valence-corrected chi connectivity index (χ4v) is 1.34. The van der Waals surface area contributed by atoms with Gasteiger partial charge in [0.25, 0.3) is 0 Å². The average Bonchev–Trinajstić information content (AvgIpc) is 2.04. The second-order valence-corrected chi connectivity index (χ2v) is 3.56. The highest BCUT2D eigenvalue weighted by Crippen LogP contribution is 2.15. The molecule has 0 bridgehead atoms. The lowest BCUT2D eigenvalue weighted by atomic mass is 10.1. The van der Waals surface area contributed by atoms with Gasteiger partial charge in [0, 0.05) is 0 Å². The highest BCUT2D eigenvalue weighted by molar-refractivity contribution is 5.28. The monoisotopic (exact) mass is 178 g/mol. The molecule has 72 valence electrons. The Morgan fingerprint density at radius 1 is 1.31 bits per heavy atom. The van der Waals surface area contributed by atoms with E-state index >= 15 is 0 Å². The van der Waals surface area contributed by atoms with Gasteiger partial charge < -0.3 is 4.74 Å². The smallest absolute Gasteiger partial charge is 0.119 e. The summed E-state index contributed by atoms with van der Waals surface area (Å²) in [4.78, 5) is 0. The van der Waals surface area contributed by atoms with Gasteiger partial charge in [-0.25, -0.2) is 0 Å². The first-order chi connectivity index (χ1) is 6.22. The van der Waals surface area contributed by atoms with Gasteiger partial charge in [0.15, 0.2) is 0 Å². The molecule has 1 nitrogen and oxygen atoms in total. The topological polar surface area (TPSA) is 9.23 Å². The molecule has 0 aliphatic carbocycles.